The van der Waals surface area contributed by atoms with Gasteiger partial charge in [0.2, 0.25) is 0 Å². The Bertz CT molecular complexity index is 5450. The standard InChI is InChI=1S/C26H31FN6O.C25H29FN6O.2C17H13N3S/c1-18-8-6-12-21-25(30-33(26(18)21)17-24-28-31-32(2)29-24)22-16-20(13-14-23(22)27)34-15-7-11-19-9-4-3-5-10-19;1-31-28-24(27-30-31)17-32-23-12-6-5-11-20(23)25(29-32)21-16-19(13-14-22(21)26)33-15-7-10-18-8-3-2-4-9-18;1-2-6-13(7-3-1)17-15-8-4-5-9-16(15)20(19-17)11-14-10-18-12-21-14;1-2-6-13(7-3-1)17-14-8-4-5-9-15(14)20(19-17)12-16-18-10-11-21-16/h6,8,12-14,16,19H,3-5,7,9-11,15,17H2,1-2H3;5-6,11-14,16,18H,2-4,7-10,15,17H2,1H3;1-10,12H,11H2;1-11H,12H2. The number of ether oxygens (including phenoxy) is 2. The van der Waals surface area contributed by atoms with Crippen LogP contribution in [0.5, 0.6) is 11.5 Å². The summed E-state index contributed by atoms with van der Waals surface area (Å²) >= 11 is 3.32. The topological polar surface area (TPSA) is 203 Å². The zero-order chi connectivity index (χ0) is 74.3. The van der Waals surface area contributed by atoms with Crippen LogP contribution in [0.2, 0.25) is 0 Å². The number of aromatic nitrogens is 18. The molecule has 0 aliphatic heterocycles. The second kappa shape index (κ2) is 35.0. The third kappa shape index (κ3) is 17.9. The quantitative estimate of drug-likeness (QED) is 0.0580. The number of benzene rings is 8. The van der Waals surface area contributed by atoms with E-state index in [9.17, 15) is 4.39 Å². The SMILES string of the molecule is Cc1cccc2c(-c3cc(OCCCC4CCCCC4)ccc3F)nn(Cc3nnn(C)n3)c12.Cn1nnc(Cn2nc(-c3cc(OCCCC4CCCCC4)ccc3F)c3ccccc32)n1.c1ccc(-c2nn(Cc3cncs3)c3ccccc23)cc1.c1ccc(-c2nn(Cc3nccs3)c3ccccc23)cc1. The van der Waals surface area contributed by atoms with Gasteiger partial charge in [0.1, 0.15) is 64.0 Å². The highest BCUT2D eigenvalue weighted by Gasteiger charge is 2.23. The maximum atomic E-state index is 15.0. The number of fused-ring (bicyclic) bond motifs is 4. The Morgan fingerprint density at radius 1 is 0.450 bits per heavy atom. The maximum Gasteiger partial charge on any atom is 0.196 e. The largest absolute Gasteiger partial charge is 0.494 e. The van der Waals surface area contributed by atoms with E-state index in [2.05, 4.69) is 118 Å². The van der Waals surface area contributed by atoms with Gasteiger partial charge in [-0.05, 0) is 115 Å². The van der Waals surface area contributed by atoms with Crippen molar-refractivity contribution in [3.8, 4) is 56.5 Å². The van der Waals surface area contributed by atoms with E-state index in [4.69, 9.17) is 29.9 Å². The second-order valence-corrected chi connectivity index (χ2v) is 29.8. The normalized spacial score (nSPS) is 13.3. The van der Waals surface area contributed by atoms with E-state index in [1.54, 1.807) is 65.7 Å². The average Bonchev–Trinajstić information content (AvgIpc) is 1.67. The molecule has 2 aliphatic rings. The predicted molar refractivity (Wildman–Crippen MR) is 426 cm³/mol. The van der Waals surface area contributed by atoms with Gasteiger partial charge in [0.05, 0.1) is 68.0 Å². The molecule has 109 heavy (non-hydrogen) atoms. The molecular weight excluding hydrogens is 1410 g/mol. The van der Waals surface area contributed by atoms with Crippen LogP contribution in [0, 0.1) is 30.4 Å². The van der Waals surface area contributed by atoms with Crippen LogP contribution in [-0.4, -0.2) is 103 Å². The summed E-state index contributed by atoms with van der Waals surface area (Å²) in [5.41, 5.74) is 13.4. The fraction of sp³-hybridized carbons (Fsp3) is 0.294. The fourth-order valence-electron chi connectivity index (χ4n) is 14.9. The molecule has 0 bridgehead atoms. The van der Waals surface area contributed by atoms with Crippen LogP contribution in [0.3, 0.4) is 0 Å². The van der Waals surface area contributed by atoms with E-state index in [0.29, 0.717) is 78.5 Å². The molecule has 8 aromatic carbocycles. The number of halogens is 2. The van der Waals surface area contributed by atoms with E-state index in [-0.39, 0.29) is 11.6 Å². The number of aryl methyl sites for hydroxylation is 3. The van der Waals surface area contributed by atoms with Crippen LogP contribution in [0.1, 0.15) is 117 Å². The van der Waals surface area contributed by atoms with Crippen LogP contribution >= 0.6 is 22.7 Å². The van der Waals surface area contributed by atoms with Crippen molar-refractivity contribution in [2.45, 2.75) is 123 Å². The Kier molecular flexibility index (Phi) is 23.5. The molecule has 0 radical (unpaired) electrons. The summed E-state index contributed by atoms with van der Waals surface area (Å²) in [4.78, 5) is 12.5. The molecule has 0 saturated heterocycles. The number of tetrazole rings is 2. The summed E-state index contributed by atoms with van der Waals surface area (Å²) in [5.74, 6) is 3.48. The molecule has 8 aromatic heterocycles. The van der Waals surface area contributed by atoms with Gasteiger partial charge in [0.15, 0.2) is 11.6 Å². The van der Waals surface area contributed by atoms with Crippen LogP contribution < -0.4 is 9.47 Å². The first-order valence-corrected chi connectivity index (χ1v) is 39.4. The lowest BCUT2D eigenvalue weighted by Crippen LogP contribution is -2.08. The van der Waals surface area contributed by atoms with Crippen molar-refractivity contribution in [1.82, 2.24) is 89.5 Å². The van der Waals surface area contributed by atoms with Crippen LogP contribution in [0.15, 0.2) is 211 Å². The minimum atomic E-state index is -0.322. The first-order valence-electron chi connectivity index (χ1n) is 37.6. The fourth-order valence-corrected chi connectivity index (χ4v) is 16.1. The zero-order valence-corrected chi connectivity index (χ0v) is 63.1. The number of hydrogen-bond donors (Lipinski definition) is 0. The number of nitrogens with zero attached hydrogens (tertiary/aromatic N) is 18. The second-order valence-electron chi connectivity index (χ2n) is 27.8. The third-order valence-electron chi connectivity index (χ3n) is 20.2. The molecule has 2 fully saturated rings. The highest BCUT2D eigenvalue weighted by atomic mass is 32.1. The summed E-state index contributed by atoms with van der Waals surface area (Å²) < 4.78 is 49.7. The lowest BCUT2D eigenvalue weighted by molar-refractivity contribution is 0.269. The van der Waals surface area contributed by atoms with E-state index in [1.165, 1.54) is 114 Å². The lowest BCUT2D eigenvalue weighted by atomic mass is 9.86. The minimum absolute atomic E-state index is 0.319. The Morgan fingerprint density at radius 3 is 1.40 bits per heavy atom. The van der Waals surface area contributed by atoms with Crippen LogP contribution in [0.4, 0.5) is 8.78 Å². The lowest BCUT2D eigenvalue weighted by Gasteiger charge is -2.21. The summed E-state index contributed by atoms with van der Waals surface area (Å²) in [6, 6.07) is 61.0. The van der Waals surface area contributed by atoms with E-state index < -0.39 is 0 Å². The number of para-hydroxylation sites is 4. The zero-order valence-electron chi connectivity index (χ0n) is 61.4. The van der Waals surface area contributed by atoms with Crippen molar-refractivity contribution in [2.24, 2.45) is 25.9 Å². The van der Waals surface area contributed by atoms with Gasteiger partial charge in [-0.15, -0.1) is 43.1 Å². The van der Waals surface area contributed by atoms with E-state index >= 15 is 4.39 Å². The average molecular weight is 1490 g/mol. The van der Waals surface area contributed by atoms with Crippen LogP contribution in [0.25, 0.3) is 88.6 Å². The number of hydrogen-bond acceptors (Lipinski definition) is 16. The maximum absolute atomic E-state index is 15.0. The molecule has 0 spiro atoms. The molecule has 20 nitrogen and oxygen atoms in total. The molecule has 0 unspecified atom stereocenters. The van der Waals surface area contributed by atoms with Crippen molar-refractivity contribution >= 4 is 66.3 Å². The van der Waals surface area contributed by atoms with Gasteiger partial charge >= 0.3 is 0 Å². The first kappa shape index (κ1) is 73.0. The predicted octanol–water partition coefficient (Wildman–Crippen LogP) is 19.0. The van der Waals surface area contributed by atoms with Crippen LogP contribution in [-0.2, 0) is 40.3 Å². The summed E-state index contributed by atoms with van der Waals surface area (Å²) in [5, 5.41) is 50.8. The Morgan fingerprint density at radius 2 is 0.908 bits per heavy atom. The smallest absolute Gasteiger partial charge is 0.196 e. The molecule has 16 aromatic rings. The summed E-state index contributed by atoms with van der Waals surface area (Å²) in [7, 11) is 3.45. The molecule has 0 atom stereocenters. The van der Waals surface area contributed by atoms with Crippen molar-refractivity contribution in [1.29, 1.82) is 0 Å². The van der Waals surface area contributed by atoms with Crippen molar-refractivity contribution in [2.75, 3.05) is 13.2 Å². The van der Waals surface area contributed by atoms with Gasteiger partial charge in [-0.1, -0.05) is 198 Å². The molecule has 24 heteroatoms. The molecule has 8 heterocycles. The molecule has 554 valence electrons. The van der Waals surface area contributed by atoms with Crippen molar-refractivity contribution in [3.63, 3.8) is 0 Å². The van der Waals surface area contributed by atoms with Gasteiger partial charge in [-0.2, -0.15) is 30.0 Å². The van der Waals surface area contributed by atoms with Crippen molar-refractivity contribution in [3.05, 3.63) is 250 Å². The summed E-state index contributed by atoms with van der Waals surface area (Å²) in [6.45, 7) is 5.50. The third-order valence-corrected chi connectivity index (χ3v) is 21.7. The van der Waals surface area contributed by atoms with E-state index in [0.717, 1.165) is 97.1 Å². The highest BCUT2D eigenvalue weighted by molar-refractivity contribution is 7.09. The van der Waals surface area contributed by atoms with Gasteiger partial charge in [-0.3, -0.25) is 23.7 Å². The Hall–Kier alpha value is -11.5. The van der Waals surface area contributed by atoms with E-state index in [1.807, 2.05) is 118 Å². The molecular formula is C85H86F2N18O2S2. The van der Waals surface area contributed by atoms with Gasteiger partial charge in [0.25, 0.3) is 0 Å². The Balaban J connectivity index is 0.000000118. The van der Waals surface area contributed by atoms with Crippen molar-refractivity contribution < 1.29 is 18.3 Å². The minimum Gasteiger partial charge on any atom is -0.494 e. The van der Waals surface area contributed by atoms with Gasteiger partial charge in [-0.25, -0.2) is 13.8 Å². The molecule has 18 rings (SSSR count). The number of rotatable bonds is 22. The molecule has 2 saturated carbocycles. The monoisotopic (exact) mass is 1490 g/mol. The van der Waals surface area contributed by atoms with Gasteiger partial charge in [0, 0.05) is 66.4 Å². The molecule has 0 amide bonds. The Labute approximate surface area is 639 Å². The molecule has 0 N–H and O–H groups in total. The summed E-state index contributed by atoms with van der Waals surface area (Å²) in [6.07, 6.45) is 21.8. The highest BCUT2D eigenvalue weighted by Crippen LogP contribution is 2.38. The molecule has 2 aliphatic carbocycles. The van der Waals surface area contributed by atoms with Gasteiger partial charge < -0.3 is 9.47 Å². The first-order chi connectivity index (χ1) is 53.6. The number of thiazole rings is 2.